The van der Waals surface area contributed by atoms with Crippen molar-refractivity contribution in [3.8, 4) is 0 Å². The van der Waals surface area contributed by atoms with Gasteiger partial charge in [-0.2, -0.15) is 0 Å². The SMILES string of the molecule is c1ccc(CN(Cc2ccccc2)C2CCC(COCCN3CCCCC3)CC2)cc1. The zero-order valence-corrected chi connectivity index (χ0v) is 19.1. The summed E-state index contributed by atoms with van der Waals surface area (Å²) in [7, 11) is 0. The largest absolute Gasteiger partial charge is 0.380 e. The fourth-order valence-electron chi connectivity index (χ4n) is 5.25. The maximum atomic E-state index is 6.11. The van der Waals surface area contributed by atoms with Crippen molar-refractivity contribution in [2.45, 2.75) is 64.1 Å². The Bertz CT molecular complexity index is 680. The molecule has 0 bridgehead atoms. The van der Waals surface area contributed by atoms with E-state index < -0.39 is 0 Å². The minimum absolute atomic E-state index is 0.671. The minimum atomic E-state index is 0.671. The summed E-state index contributed by atoms with van der Waals surface area (Å²) in [5, 5.41) is 0. The van der Waals surface area contributed by atoms with Gasteiger partial charge in [-0.25, -0.2) is 0 Å². The fourth-order valence-corrected chi connectivity index (χ4v) is 5.25. The Balaban J connectivity index is 1.23. The molecule has 1 aliphatic carbocycles. The van der Waals surface area contributed by atoms with Crippen molar-refractivity contribution < 1.29 is 4.74 Å². The summed E-state index contributed by atoms with van der Waals surface area (Å²) in [4.78, 5) is 5.28. The van der Waals surface area contributed by atoms with Crippen LogP contribution in [0.4, 0.5) is 0 Å². The topological polar surface area (TPSA) is 15.7 Å². The van der Waals surface area contributed by atoms with Crippen LogP contribution in [0, 0.1) is 5.92 Å². The molecule has 0 radical (unpaired) electrons. The zero-order chi connectivity index (χ0) is 21.1. The Hall–Kier alpha value is -1.68. The molecule has 3 nitrogen and oxygen atoms in total. The van der Waals surface area contributed by atoms with Gasteiger partial charge in [-0.1, -0.05) is 67.1 Å². The maximum absolute atomic E-state index is 6.11. The van der Waals surface area contributed by atoms with Crippen molar-refractivity contribution >= 4 is 0 Å². The van der Waals surface area contributed by atoms with E-state index in [4.69, 9.17) is 4.74 Å². The van der Waals surface area contributed by atoms with Crippen molar-refractivity contribution in [2.24, 2.45) is 5.92 Å². The lowest BCUT2D eigenvalue weighted by Crippen LogP contribution is -2.38. The van der Waals surface area contributed by atoms with Gasteiger partial charge in [0.05, 0.1) is 6.61 Å². The van der Waals surface area contributed by atoms with Gasteiger partial charge in [-0.05, 0) is 68.7 Å². The molecule has 0 amide bonds. The van der Waals surface area contributed by atoms with Gasteiger partial charge in [0.25, 0.3) is 0 Å². The van der Waals surface area contributed by atoms with Crippen LogP contribution in [0.3, 0.4) is 0 Å². The molecule has 0 aromatic heterocycles. The van der Waals surface area contributed by atoms with E-state index in [0.29, 0.717) is 6.04 Å². The lowest BCUT2D eigenvalue weighted by molar-refractivity contribution is 0.0461. The third-order valence-electron chi connectivity index (χ3n) is 7.14. The van der Waals surface area contributed by atoms with E-state index in [0.717, 1.165) is 38.8 Å². The van der Waals surface area contributed by atoms with E-state index >= 15 is 0 Å². The lowest BCUT2D eigenvalue weighted by atomic mass is 9.85. The first-order chi connectivity index (χ1) is 15.4. The van der Waals surface area contributed by atoms with Crippen LogP contribution in [0.1, 0.15) is 56.1 Å². The van der Waals surface area contributed by atoms with Crippen LogP contribution in [0.25, 0.3) is 0 Å². The number of hydrogen-bond acceptors (Lipinski definition) is 3. The summed E-state index contributed by atoms with van der Waals surface area (Å²) in [5.74, 6) is 0.743. The summed E-state index contributed by atoms with van der Waals surface area (Å²) < 4.78 is 6.11. The molecular weight excluding hydrogens is 380 g/mol. The first kappa shape index (κ1) is 22.5. The van der Waals surface area contributed by atoms with Gasteiger partial charge in [-0.15, -0.1) is 0 Å². The van der Waals surface area contributed by atoms with Crippen LogP contribution in [0.2, 0.25) is 0 Å². The average molecular weight is 421 g/mol. The van der Waals surface area contributed by atoms with Gasteiger partial charge in [0.2, 0.25) is 0 Å². The molecule has 0 unspecified atom stereocenters. The molecule has 2 aromatic carbocycles. The highest BCUT2D eigenvalue weighted by Gasteiger charge is 2.26. The summed E-state index contributed by atoms with van der Waals surface area (Å²) in [5.41, 5.74) is 2.84. The van der Waals surface area contributed by atoms with E-state index in [1.54, 1.807) is 0 Å². The molecule has 2 aromatic rings. The third-order valence-corrected chi connectivity index (χ3v) is 7.14. The molecule has 0 N–H and O–H groups in total. The summed E-state index contributed by atoms with van der Waals surface area (Å²) in [6, 6.07) is 22.6. The summed E-state index contributed by atoms with van der Waals surface area (Å²) in [6.07, 6.45) is 9.33. The minimum Gasteiger partial charge on any atom is -0.380 e. The van der Waals surface area contributed by atoms with Gasteiger partial charge in [-0.3, -0.25) is 4.90 Å². The molecule has 1 saturated carbocycles. The zero-order valence-electron chi connectivity index (χ0n) is 19.1. The Morgan fingerprint density at radius 3 is 1.90 bits per heavy atom. The van der Waals surface area contributed by atoms with Crippen LogP contribution in [-0.4, -0.2) is 48.7 Å². The first-order valence-electron chi connectivity index (χ1n) is 12.5. The van der Waals surface area contributed by atoms with E-state index in [1.165, 1.54) is 69.2 Å². The fraction of sp³-hybridized carbons (Fsp3) is 0.571. The second-order valence-corrected chi connectivity index (χ2v) is 9.53. The van der Waals surface area contributed by atoms with E-state index in [-0.39, 0.29) is 0 Å². The smallest absolute Gasteiger partial charge is 0.0593 e. The molecule has 31 heavy (non-hydrogen) atoms. The predicted molar refractivity (Wildman–Crippen MR) is 129 cm³/mol. The first-order valence-corrected chi connectivity index (χ1v) is 12.5. The highest BCUT2D eigenvalue weighted by molar-refractivity contribution is 5.17. The number of likely N-dealkylation sites (tertiary alicyclic amines) is 1. The molecule has 168 valence electrons. The average Bonchev–Trinajstić information content (AvgIpc) is 2.84. The molecule has 1 aliphatic heterocycles. The van der Waals surface area contributed by atoms with Crippen molar-refractivity contribution in [1.82, 2.24) is 9.80 Å². The monoisotopic (exact) mass is 420 g/mol. The van der Waals surface area contributed by atoms with Gasteiger partial charge >= 0.3 is 0 Å². The second-order valence-electron chi connectivity index (χ2n) is 9.53. The number of nitrogens with zero attached hydrogens (tertiary/aromatic N) is 2. The molecule has 4 rings (SSSR count). The van der Waals surface area contributed by atoms with Crippen LogP contribution in [0.15, 0.2) is 60.7 Å². The van der Waals surface area contributed by atoms with Crippen molar-refractivity contribution in [3.63, 3.8) is 0 Å². The standard InChI is InChI=1S/C28H40N2O/c1-4-10-25(11-5-1)22-30(23-26-12-6-2-7-13-26)28-16-14-27(15-17-28)24-31-21-20-29-18-8-3-9-19-29/h1-2,4-7,10-13,27-28H,3,8-9,14-24H2. The van der Waals surface area contributed by atoms with Crippen LogP contribution in [0.5, 0.6) is 0 Å². The number of rotatable bonds is 10. The van der Waals surface area contributed by atoms with Gasteiger partial charge in [0.15, 0.2) is 0 Å². The van der Waals surface area contributed by atoms with Crippen molar-refractivity contribution in [2.75, 3.05) is 32.8 Å². The second kappa shape index (κ2) is 12.4. The molecule has 1 saturated heterocycles. The Kier molecular flexibility index (Phi) is 8.99. The number of benzene rings is 2. The highest BCUT2D eigenvalue weighted by Crippen LogP contribution is 2.30. The van der Waals surface area contributed by atoms with E-state index in [2.05, 4.69) is 70.5 Å². The molecule has 0 atom stereocenters. The van der Waals surface area contributed by atoms with Gasteiger partial charge in [0, 0.05) is 32.3 Å². The normalized spacial score (nSPS) is 22.6. The van der Waals surface area contributed by atoms with Crippen molar-refractivity contribution in [1.29, 1.82) is 0 Å². The molecule has 1 heterocycles. The quantitative estimate of drug-likeness (QED) is 0.455. The van der Waals surface area contributed by atoms with Gasteiger partial charge < -0.3 is 9.64 Å². The Morgan fingerprint density at radius 2 is 1.32 bits per heavy atom. The van der Waals surface area contributed by atoms with Crippen LogP contribution in [-0.2, 0) is 17.8 Å². The van der Waals surface area contributed by atoms with Crippen LogP contribution < -0.4 is 0 Å². The highest BCUT2D eigenvalue weighted by atomic mass is 16.5. The summed E-state index contributed by atoms with van der Waals surface area (Å²) in [6.45, 7) is 7.61. The third kappa shape index (κ3) is 7.45. The predicted octanol–water partition coefficient (Wildman–Crippen LogP) is 5.75. The number of piperidine rings is 1. The number of ether oxygens (including phenoxy) is 1. The maximum Gasteiger partial charge on any atom is 0.0593 e. The molecule has 0 spiro atoms. The Morgan fingerprint density at radius 1 is 0.742 bits per heavy atom. The number of hydrogen-bond donors (Lipinski definition) is 0. The molecule has 2 fully saturated rings. The Labute approximate surface area is 189 Å². The van der Waals surface area contributed by atoms with Gasteiger partial charge in [0.1, 0.15) is 0 Å². The molecule has 2 aliphatic rings. The summed E-state index contributed by atoms with van der Waals surface area (Å²) >= 11 is 0. The molecule has 3 heteroatoms. The molecular formula is C28H40N2O. The van der Waals surface area contributed by atoms with E-state index in [1.807, 2.05) is 0 Å². The van der Waals surface area contributed by atoms with Crippen LogP contribution >= 0.6 is 0 Å². The van der Waals surface area contributed by atoms with E-state index in [9.17, 15) is 0 Å². The lowest BCUT2D eigenvalue weighted by Gasteiger charge is -2.37. The van der Waals surface area contributed by atoms with Crippen molar-refractivity contribution in [3.05, 3.63) is 71.8 Å².